The maximum atomic E-state index is 11.7. The van der Waals surface area contributed by atoms with Crippen LogP contribution in [0.4, 0.5) is 18.4 Å². The van der Waals surface area contributed by atoms with Crippen LogP contribution in [-0.2, 0) is 0 Å². The van der Waals surface area contributed by atoms with Crippen LogP contribution in [0.25, 0.3) is 0 Å². The van der Waals surface area contributed by atoms with E-state index in [0.717, 1.165) is 14.1 Å². The van der Waals surface area contributed by atoms with Crippen molar-refractivity contribution in [2.24, 2.45) is 0 Å². The highest BCUT2D eigenvalue weighted by atomic mass is 32.2. The van der Waals surface area contributed by atoms with Crippen molar-refractivity contribution in [3.8, 4) is 0 Å². The molecule has 11 heavy (non-hydrogen) atoms. The zero-order chi connectivity index (χ0) is 9.02. The quantitative estimate of drug-likeness (QED) is 0.371. The number of carbonyl (C=O) groups excluding carboxylic acids is 2. The molecule has 0 rings (SSSR count). The first-order chi connectivity index (χ1) is 4.95. The average Bonchev–Trinajstić information content (AvgIpc) is 1.87. The summed E-state index contributed by atoms with van der Waals surface area (Å²) in [5.74, 6) is 0. The van der Waals surface area contributed by atoms with E-state index in [0.29, 0.717) is 20.7 Å². The molecule has 0 saturated carbocycles. The van der Waals surface area contributed by atoms with E-state index in [2.05, 4.69) is 0 Å². The number of amides is 2. The van der Waals surface area contributed by atoms with Gasteiger partial charge in [0.25, 0.3) is 0 Å². The molecule has 0 saturated heterocycles. The van der Waals surface area contributed by atoms with Gasteiger partial charge in [0.1, 0.15) is 0 Å². The summed E-state index contributed by atoms with van der Waals surface area (Å²) in [5.41, 5.74) is 0. The van der Waals surface area contributed by atoms with Crippen molar-refractivity contribution in [2.45, 2.75) is 0 Å². The van der Waals surface area contributed by atoms with Crippen LogP contribution in [0.2, 0.25) is 0 Å². The third kappa shape index (κ3) is 3.76. The molecule has 0 aromatic heterocycles. The van der Waals surface area contributed by atoms with E-state index in [-0.39, 0.29) is 0 Å². The first-order valence-corrected chi connectivity index (χ1v) is 3.22. The molecule has 0 N–H and O–H groups in total. The summed E-state index contributed by atoms with van der Waals surface area (Å²) in [6, 6.07) is 0. The lowest BCUT2D eigenvalue weighted by Crippen LogP contribution is -2.23. The first-order valence-electron chi connectivity index (χ1n) is 2.49. The summed E-state index contributed by atoms with van der Waals surface area (Å²) in [5, 5.41) is 0. The van der Waals surface area contributed by atoms with Crippen LogP contribution in [0.15, 0.2) is 0 Å². The van der Waals surface area contributed by atoms with Gasteiger partial charge in [-0.15, -0.1) is 8.78 Å². The predicted octanol–water partition coefficient (Wildman–Crippen LogP) is 1.59. The van der Waals surface area contributed by atoms with Crippen molar-refractivity contribution in [1.82, 2.24) is 8.61 Å². The van der Waals surface area contributed by atoms with Crippen LogP contribution in [0, 0.1) is 0 Å². The van der Waals surface area contributed by atoms with Gasteiger partial charge in [-0.25, -0.2) is 18.2 Å². The molecule has 0 heterocycles. The molecule has 0 aromatic carbocycles. The topological polar surface area (TPSA) is 40.6 Å². The Morgan fingerprint density at radius 3 is 1.55 bits per heavy atom. The molecule has 64 valence electrons. The van der Waals surface area contributed by atoms with Gasteiger partial charge in [0.05, 0.1) is 12.1 Å². The zero-order valence-corrected chi connectivity index (χ0v) is 6.69. The fourth-order valence-corrected chi connectivity index (χ4v) is 0.744. The van der Waals surface area contributed by atoms with Crippen LogP contribution >= 0.6 is 12.1 Å². The lowest BCUT2D eigenvalue weighted by Gasteiger charge is -2.15. The van der Waals surface area contributed by atoms with Gasteiger partial charge in [0.2, 0.25) is 0 Å². The highest BCUT2D eigenvalue weighted by Gasteiger charge is 2.14. The van der Waals surface area contributed by atoms with Crippen molar-refractivity contribution < 1.29 is 18.4 Å². The molecule has 0 aliphatic carbocycles. The Morgan fingerprint density at radius 1 is 1.09 bits per heavy atom. The summed E-state index contributed by atoms with van der Waals surface area (Å²) >= 11 is 0.333. The van der Waals surface area contributed by atoms with Crippen LogP contribution in [0.3, 0.4) is 0 Å². The van der Waals surface area contributed by atoms with E-state index in [1.54, 1.807) is 0 Å². The van der Waals surface area contributed by atoms with Crippen molar-refractivity contribution in [3.63, 3.8) is 0 Å². The van der Waals surface area contributed by atoms with Gasteiger partial charge in [-0.3, -0.25) is 0 Å². The molecule has 0 unspecified atom stereocenters. The Kier molecular flexibility index (Phi) is 3.80. The highest BCUT2D eigenvalue weighted by Crippen LogP contribution is 2.13. The molecule has 0 bridgehead atoms. The minimum Gasteiger partial charge on any atom is -0.243 e. The molecule has 0 aliphatic rings. The van der Waals surface area contributed by atoms with E-state index in [4.69, 9.17) is 0 Å². The molecule has 0 aliphatic heterocycles. The maximum Gasteiger partial charge on any atom is 0.411 e. The maximum absolute atomic E-state index is 11.7. The van der Waals surface area contributed by atoms with Crippen molar-refractivity contribution in [3.05, 3.63) is 0 Å². The minimum atomic E-state index is -1.75. The average molecular weight is 184 g/mol. The number of nitrogens with zero attached hydrogens (tertiary/aromatic N) is 2. The van der Waals surface area contributed by atoms with E-state index in [1.807, 2.05) is 0 Å². The fraction of sp³-hybridized carbons (Fsp3) is 0.500. The lowest BCUT2D eigenvalue weighted by atomic mass is 11.2. The first kappa shape index (κ1) is 10.2. The molecule has 0 atom stereocenters. The van der Waals surface area contributed by atoms with Crippen molar-refractivity contribution >= 4 is 24.5 Å². The second kappa shape index (κ2) is 4.12. The number of carbonyl (C=O) groups is 2. The Bertz CT molecular complexity index is 159. The Morgan fingerprint density at radius 2 is 1.36 bits per heavy atom. The predicted molar refractivity (Wildman–Crippen MR) is 36.1 cm³/mol. The van der Waals surface area contributed by atoms with Gasteiger partial charge in [0.15, 0.2) is 0 Å². The van der Waals surface area contributed by atoms with E-state index in [9.17, 15) is 18.4 Å². The Hall–Kier alpha value is -0.850. The highest BCUT2D eigenvalue weighted by molar-refractivity contribution is 7.95. The number of hydrogen-bond acceptors (Lipinski definition) is 3. The van der Waals surface area contributed by atoms with Gasteiger partial charge in [-0.05, 0) is 0 Å². The largest absolute Gasteiger partial charge is 0.411 e. The van der Waals surface area contributed by atoms with Crippen molar-refractivity contribution in [1.29, 1.82) is 0 Å². The molecule has 4 nitrogen and oxygen atoms in total. The second-order valence-corrected chi connectivity index (χ2v) is 2.84. The summed E-state index contributed by atoms with van der Waals surface area (Å²) in [6.45, 7) is 0. The van der Waals surface area contributed by atoms with Crippen LogP contribution in [0.1, 0.15) is 0 Å². The molecular weight excluding hydrogens is 178 g/mol. The molecule has 2 amide bonds. The second-order valence-electron chi connectivity index (χ2n) is 1.58. The van der Waals surface area contributed by atoms with Gasteiger partial charge >= 0.3 is 12.3 Å². The molecule has 0 radical (unpaired) electrons. The van der Waals surface area contributed by atoms with Crippen LogP contribution < -0.4 is 0 Å². The van der Waals surface area contributed by atoms with Gasteiger partial charge in [-0.2, -0.15) is 0 Å². The molecule has 0 fully saturated rings. The van der Waals surface area contributed by atoms with E-state index < -0.39 is 12.3 Å². The molecule has 0 spiro atoms. The van der Waals surface area contributed by atoms with Gasteiger partial charge in [-0.1, -0.05) is 0 Å². The van der Waals surface area contributed by atoms with Gasteiger partial charge < -0.3 is 0 Å². The third-order valence-electron chi connectivity index (χ3n) is 0.740. The Balaban J connectivity index is 3.84. The molecule has 0 aromatic rings. The minimum absolute atomic E-state index is 0.333. The molecule has 7 heteroatoms. The summed E-state index contributed by atoms with van der Waals surface area (Å²) in [4.78, 5) is 19.8. The SMILES string of the molecule is CN(SN(C)C(=O)F)C(=O)F. The van der Waals surface area contributed by atoms with E-state index >= 15 is 0 Å². The number of rotatable bonds is 2. The number of hydrogen-bond donors (Lipinski definition) is 0. The third-order valence-corrected chi connectivity index (χ3v) is 1.52. The Labute approximate surface area is 66.4 Å². The summed E-state index contributed by atoms with van der Waals surface area (Å²) in [7, 11) is 2.15. The monoisotopic (exact) mass is 184 g/mol. The van der Waals surface area contributed by atoms with Crippen molar-refractivity contribution in [2.75, 3.05) is 14.1 Å². The fourth-order valence-electron chi connectivity index (χ4n) is 0.248. The normalized spacial score (nSPS) is 9.09. The smallest absolute Gasteiger partial charge is 0.243 e. The lowest BCUT2D eigenvalue weighted by molar-refractivity contribution is 0.204. The summed E-state index contributed by atoms with van der Waals surface area (Å²) < 4.78 is 24.4. The summed E-state index contributed by atoms with van der Waals surface area (Å²) in [6.07, 6.45) is -3.49. The van der Waals surface area contributed by atoms with Gasteiger partial charge in [0, 0.05) is 14.1 Å². The molecular formula is C4H6F2N2O2S. The van der Waals surface area contributed by atoms with Crippen LogP contribution in [0.5, 0.6) is 0 Å². The van der Waals surface area contributed by atoms with Crippen LogP contribution in [-0.4, -0.2) is 35.0 Å². The van der Waals surface area contributed by atoms with E-state index in [1.165, 1.54) is 0 Å². The standard InChI is InChI=1S/C4H6F2N2O2S/c1-7(3(5)9)11-8(2)4(6)10/h1-2H3. The zero-order valence-electron chi connectivity index (χ0n) is 5.88. The number of halogens is 2.